The molecule has 7 nitrogen and oxygen atoms in total. The number of amides is 1. The van der Waals surface area contributed by atoms with Gasteiger partial charge in [-0.1, -0.05) is 18.9 Å². The van der Waals surface area contributed by atoms with Gasteiger partial charge in [-0.3, -0.25) is 19.8 Å². The summed E-state index contributed by atoms with van der Waals surface area (Å²) in [7, 11) is 0. The standard InChI is InChI=1S/C21H28N4O3/c1-2-9-22-21(26)18-13-15-12-17(25(27)28)7-8-19(15)24-11-10-23(14-20(18)24)16-5-3-4-6-16/h2,7-8,12,16,18,20H,1,3-6,9-11,13-14H2,(H,22,26)/t18-,20-/m0/s1. The zero-order chi connectivity index (χ0) is 19.7. The second-order valence-corrected chi connectivity index (χ2v) is 8.11. The number of carbonyl (C=O) groups is 1. The van der Waals surface area contributed by atoms with Crippen molar-refractivity contribution < 1.29 is 9.72 Å². The molecule has 1 aromatic rings. The van der Waals surface area contributed by atoms with Crippen LogP contribution in [-0.2, 0) is 11.2 Å². The molecule has 0 radical (unpaired) electrons. The summed E-state index contributed by atoms with van der Waals surface area (Å²) in [4.78, 5) is 28.7. The lowest BCUT2D eigenvalue weighted by Gasteiger charge is -2.50. The topological polar surface area (TPSA) is 78.7 Å². The Hall–Kier alpha value is -2.41. The summed E-state index contributed by atoms with van der Waals surface area (Å²) in [5, 5.41) is 14.2. The number of piperazine rings is 1. The van der Waals surface area contributed by atoms with Gasteiger partial charge in [0, 0.05) is 50.0 Å². The Morgan fingerprint density at radius 2 is 2.11 bits per heavy atom. The molecule has 3 aliphatic rings. The van der Waals surface area contributed by atoms with Gasteiger partial charge in [-0.15, -0.1) is 6.58 Å². The van der Waals surface area contributed by atoms with E-state index in [0.29, 0.717) is 19.0 Å². The molecule has 0 unspecified atom stereocenters. The summed E-state index contributed by atoms with van der Waals surface area (Å²) in [6, 6.07) is 5.83. The molecule has 1 saturated carbocycles. The van der Waals surface area contributed by atoms with Crippen LogP contribution < -0.4 is 10.2 Å². The summed E-state index contributed by atoms with van der Waals surface area (Å²) in [6.45, 7) is 6.85. The number of carbonyl (C=O) groups excluding carboxylic acids is 1. The Kier molecular flexibility index (Phi) is 5.35. The van der Waals surface area contributed by atoms with Crippen LogP contribution >= 0.6 is 0 Å². The number of nitro groups is 1. The SMILES string of the molecule is C=CCNC(=O)[C@H]1Cc2cc([N+](=O)[O-])ccc2N2CCN(C3CCCC3)C[C@@H]12. The van der Waals surface area contributed by atoms with Crippen LogP contribution in [0.5, 0.6) is 0 Å². The maximum atomic E-state index is 12.9. The van der Waals surface area contributed by atoms with Crippen molar-refractivity contribution in [2.75, 3.05) is 31.1 Å². The lowest BCUT2D eigenvalue weighted by Crippen LogP contribution is -2.62. The zero-order valence-corrected chi connectivity index (χ0v) is 16.2. The molecule has 28 heavy (non-hydrogen) atoms. The second-order valence-electron chi connectivity index (χ2n) is 8.11. The number of hydrogen-bond donors (Lipinski definition) is 1. The number of benzene rings is 1. The first-order valence-corrected chi connectivity index (χ1v) is 10.2. The monoisotopic (exact) mass is 384 g/mol. The van der Waals surface area contributed by atoms with Gasteiger partial charge in [-0.05, 0) is 30.9 Å². The molecule has 2 fully saturated rings. The first kappa shape index (κ1) is 18.9. The highest BCUT2D eigenvalue weighted by atomic mass is 16.6. The van der Waals surface area contributed by atoms with Gasteiger partial charge < -0.3 is 10.2 Å². The molecule has 1 aromatic carbocycles. The van der Waals surface area contributed by atoms with Gasteiger partial charge in [0.15, 0.2) is 0 Å². The molecule has 1 aliphatic carbocycles. The molecule has 2 aliphatic heterocycles. The van der Waals surface area contributed by atoms with Gasteiger partial charge in [0.05, 0.1) is 16.9 Å². The second kappa shape index (κ2) is 7.91. The lowest BCUT2D eigenvalue weighted by atomic mass is 9.83. The average Bonchev–Trinajstić information content (AvgIpc) is 3.25. The van der Waals surface area contributed by atoms with Crippen molar-refractivity contribution in [3.63, 3.8) is 0 Å². The third kappa shape index (κ3) is 3.51. The molecule has 1 saturated heterocycles. The third-order valence-corrected chi connectivity index (χ3v) is 6.54. The summed E-state index contributed by atoms with van der Waals surface area (Å²) >= 11 is 0. The number of nitro benzene ring substituents is 1. The molecule has 0 spiro atoms. The van der Waals surface area contributed by atoms with E-state index in [1.54, 1.807) is 18.2 Å². The predicted octanol–water partition coefficient (Wildman–Crippen LogP) is 2.50. The molecule has 4 rings (SSSR count). The van der Waals surface area contributed by atoms with E-state index in [9.17, 15) is 14.9 Å². The summed E-state index contributed by atoms with van der Waals surface area (Å²) in [5.41, 5.74) is 2.04. The first-order valence-electron chi connectivity index (χ1n) is 10.2. The molecule has 1 amide bonds. The van der Waals surface area contributed by atoms with Crippen LogP contribution in [0.4, 0.5) is 11.4 Å². The summed E-state index contributed by atoms with van der Waals surface area (Å²) in [6.07, 6.45) is 7.32. The predicted molar refractivity (Wildman–Crippen MR) is 108 cm³/mol. The largest absolute Gasteiger partial charge is 0.365 e. The van der Waals surface area contributed by atoms with Gasteiger partial charge in [-0.25, -0.2) is 0 Å². The fourth-order valence-corrected chi connectivity index (χ4v) is 5.15. The van der Waals surface area contributed by atoms with E-state index in [1.807, 2.05) is 6.07 Å². The molecule has 7 heteroatoms. The number of fused-ring (bicyclic) bond motifs is 3. The van der Waals surface area contributed by atoms with E-state index < -0.39 is 0 Å². The van der Waals surface area contributed by atoms with Crippen molar-refractivity contribution in [2.24, 2.45) is 5.92 Å². The molecule has 2 atom stereocenters. The number of rotatable bonds is 5. The van der Waals surface area contributed by atoms with Crippen LogP contribution in [0.3, 0.4) is 0 Å². The minimum Gasteiger partial charge on any atom is -0.365 e. The molecule has 2 heterocycles. The third-order valence-electron chi connectivity index (χ3n) is 6.54. The average molecular weight is 384 g/mol. The quantitative estimate of drug-likeness (QED) is 0.479. The Balaban J connectivity index is 1.63. The van der Waals surface area contributed by atoms with Crippen LogP contribution in [0.1, 0.15) is 31.2 Å². The number of nitrogens with one attached hydrogen (secondary N) is 1. The van der Waals surface area contributed by atoms with E-state index in [1.165, 1.54) is 25.7 Å². The van der Waals surface area contributed by atoms with E-state index in [-0.39, 0.29) is 28.5 Å². The van der Waals surface area contributed by atoms with Crippen molar-refractivity contribution in [3.05, 3.63) is 46.5 Å². The zero-order valence-electron chi connectivity index (χ0n) is 16.2. The number of nitrogens with zero attached hydrogens (tertiary/aromatic N) is 3. The number of anilines is 1. The van der Waals surface area contributed by atoms with Crippen LogP contribution in [-0.4, -0.2) is 54.0 Å². The molecule has 0 aromatic heterocycles. The van der Waals surface area contributed by atoms with E-state index in [0.717, 1.165) is 30.9 Å². The van der Waals surface area contributed by atoms with Gasteiger partial charge in [-0.2, -0.15) is 0 Å². The smallest absolute Gasteiger partial charge is 0.269 e. The number of hydrogen-bond acceptors (Lipinski definition) is 5. The van der Waals surface area contributed by atoms with Crippen molar-refractivity contribution in [1.29, 1.82) is 0 Å². The Morgan fingerprint density at radius 1 is 1.32 bits per heavy atom. The van der Waals surface area contributed by atoms with E-state index in [2.05, 4.69) is 21.7 Å². The van der Waals surface area contributed by atoms with Gasteiger partial charge in [0.2, 0.25) is 5.91 Å². The highest BCUT2D eigenvalue weighted by Gasteiger charge is 2.43. The Bertz CT molecular complexity index is 775. The molecule has 1 N–H and O–H groups in total. The van der Waals surface area contributed by atoms with Gasteiger partial charge in [0.1, 0.15) is 0 Å². The molecular formula is C21H28N4O3. The van der Waals surface area contributed by atoms with Crippen molar-refractivity contribution in [1.82, 2.24) is 10.2 Å². The molecule has 150 valence electrons. The fourth-order valence-electron chi connectivity index (χ4n) is 5.15. The number of non-ortho nitro benzene ring substituents is 1. The van der Waals surface area contributed by atoms with Crippen molar-refractivity contribution in [3.8, 4) is 0 Å². The maximum absolute atomic E-state index is 12.9. The maximum Gasteiger partial charge on any atom is 0.269 e. The van der Waals surface area contributed by atoms with Crippen LogP contribution in [0, 0.1) is 16.0 Å². The van der Waals surface area contributed by atoms with Gasteiger partial charge in [0.25, 0.3) is 5.69 Å². The molecule has 0 bridgehead atoms. The minimum absolute atomic E-state index is 0.0142. The highest BCUT2D eigenvalue weighted by molar-refractivity contribution is 5.82. The minimum atomic E-state index is -0.364. The van der Waals surface area contributed by atoms with E-state index >= 15 is 0 Å². The van der Waals surface area contributed by atoms with Crippen molar-refractivity contribution in [2.45, 2.75) is 44.2 Å². The Morgan fingerprint density at radius 3 is 2.82 bits per heavy atom. The summed E-state index contributed by atoms with van der Waals surface area (Å²) in [5.74, 6) is -0.195. The highest BCUT2D eigenvalue weighted by Crippen LogP contribution is 2.39. The van der Waals surface area contributed by atoms with Crippen molar-refractivity contribution >= 4 is 17.3 Å². The molecular weight excluding hydrogens is 356 g/mol. The first-order chi connectivity index (χ1) is 13.6. The van der Waals surface area contributed by atoms with Crippen LogP contribution in [0.15, 0.2) is 30.9 Å². The normalized spacial score (nSPS) is 25.1. The summed E-state index contributed by atoms with van der Waals surface area (Å²) < 4.78 is 0. The van der Waals surface area contributed by atoms with Crippen LogP contribution in [0.25, 0.3) is 0 Å². The Labute approximate surface area is 165 Å². The lowest BCUT2D eigenvalue weighted by molar-refractivity contribution is -0.384. The van der Waals surface area contributed by atoms with Gasteiger partial charge >= 0.3 is 0 Å². The van der Waals surface area contributed by atoms with Crippen LogP contribution in [0.2, 0.25) is 0 Å². The van der Waals surface area contributed by atoms with E-state index in [4.69, 9.17) is 0 Å². The fraction of sp³-hybridized carbons (Fsp3) is 0.571.